The molecule has 0 saturated heterocycles. The third kappa shape index (κ3) is 3.14. The Hall–Kier alpha value is -1.42. The van der Waals surface area contributed by atoms with Gasteiger partial charge in [0.2, 0.25) is 0 Å². The first-order valence-electron chi connectivity index (χ1n) is 8.57. The van der Waals surface area contributed by atoms with Crippen LogP contribution in [0.25, 0.3) is 0 Å². The summed E-state index contributed by atoms with van der Waals surface area (Å²) in [6.07, 6.45) is 4.07. The van der Waals surface area contributed by atoms with Gasteiger partial charge in [0, 0.05) is 0 Å². The maximum absolute atomic E-state index is 4.85. The van der Waals surface area contributed by atoms with E-state index in [-0.39, 0.29) is 0 Å². The number of nitrogens with one attached hydrogen (secondary N) is 1. The van der Waals surface area contributed by atoms with Gasteiger partial charge in [-0.2, -0.15) is 0 Å². The Labute approximate surface area is 147 Å². The van der Waals surface area contributed by atoms with Crippen molar-refractivity contribution in [1.29, 1.82) is 0 Å². The first-order valence-corrected chi connectivity index (χ1v) is 9.36. The van der Waals surface area contributed by atoms with E-state index in [2.05, 4.69) is 66.3 Å². The van der Waals surface area contributed by atoms with Gasteiger partial charge in [-0.3, -0.25) is 0 Å². The van der Waals surface area contributed by atoms with E-state index in [0.717, 1.165) is 41.1 Å². The summed E-state index contributed by atoms with van der Waals surface area (Å²) in [4.78, 5) is 9.55. The summed E-state index contributed by atoms with van der Waals surface area (Å²) in [6, 6.07) is 9.12. The van der Waals surface area contributed by atoms with Gasteiger partial charge in [0.25, 0.3) is 0 Å². The Morgan fingerprint density at radius 3 is 2.52 bits per heavy atom. The van der Waals surface area contributed by atoms with Crippen molar-refractivity contribution in [3.8, 4) is 0 Å². The lowest BCUT2D eigenvalue weighted by Gasteiger charge is -2.23. The highest BCUT2D eigenvalue weighted by Gasteiger charge is 2.31. The molecular formula is C19H24BrN3. The first kappa shape index (κ1) is 16.4. The van der Waals surface area contributed by atoms with Gasteiger partial charge in [0.1, 0.15) is 10.4 Å². The van der Waals surface area contributed by atoms with Crippen LogP contribution in [0.3, 0.4) is 0 Å². The zero-order valence-corrected chi connectivity index (χ0v) is 15.7. The molecule has 0 radical (unpaired) electrons. The van der Waals surface area contributed by atoms with E-state index >= 15 is 0 Å². The molecule has 0 bridgehead atoms. The van der Waals surface area contributed by atoms with Gasteiger partial charge in [0.15, 0.2) is 0 Å². The van der Waals surface area contributed by atoms with Crippen molar-refractivity contribution in [2.75, 3.05) is 5.32 Å². The van der Waals surface area contributed by atoms with E-state index in [9.17, 15) is 0 Å². The number of nitrogens with zero attached hydrogens (tertiary/aromatic N) is 2. The highest BCUT2D eigenvalue weighted by Crippen LogP contribution is 2.40. The number of hydrogen-bond acceptors (Lipinski definition) is 3. The number of benzene rings is 1. The molecule has 1 aromatic heterocycles. The average molecular weight is 374 g/mol. The fraction of sp³-hybridized carbons (Fsp3) is 0.474. The second-order valence-electron chi connectivity index (χ2n) is 6.16. The molecule has 0 fully saturated rings. The second kappa shape index (κ2) is 7.00. The van der Waals surface area contributed by atoms with Gasteiger partial charge in [-0.1, -0.05) is 51.5 Å². The van der Waals surface area contributed by atoms with Gasteiger partial charge in [-0.15, -0.1) is 0 Å². The monoisotopic (exact) mass is 373 g/mol. The van der Waals surface area contributed by atoms with Crippen LogP contribution in [0.1, 0.15) is 55.7 Å². The van der Waals surface area contributed by atoms with E-state index < -0.39 is 0 Å². The predicted molar refractivity (Wildman–Crippen MR) is 98.8 cm³/mol. The third-order valence-electron chi connectivity index (χ3n) is 4.82. The van der Waals surface area contributed by atoms with E-state index in [1.54, 1.807) is 0 Å². The minimum atomic E-state index is 0.335. The van der Waals surface area contributed by atoms with Crippen LogP contribution < -0.4 is 5.32 Å². The van der Waals surface area contributed by atoms with Gasteiger partial charge in [0.05, 0.1) is 17.4 Å². The summed E-state index contributed by atoms with van der Waals surface area (Å²) in [5, 5.41) is 3.73. The molecule has 122 valence electrons. The summed E-state index contributed by atoms with van der Waals surface area (Å²) in [7, 11) is 0. The number of halogens is 1. The number of fused-ring (bicyclic) bond motifs is 1. The molecule has 1 N–H and O–H groups in total. The maximum Gasteiger partial charge on any atom is 0.148 e. The van der Waals surface area contributed by atoms with E-state index in [1.807, 2.05) is 0 Å². The SMILES string of the molecule is CCc1nc(N[C@@H]2c3ccccc3CC2CC)c(CC)nc1Br. The van der Waals surface area contributed by atoms with Crippen molar-refractivity contribution in [2.24, 2.45) is 5.92 Å². The number of aromatic nitrogens is 2. The van der Waals surface area contributed by atoms with Gasteiger partial charge in [-0.05, 0) is 52.2 Å². The lowest BCUT2D eigenvalue weighted by molar-refractivity contribution is 0.474. The summed E-state index contributed by atoms with van der Waals surface area (Å²) in [6.45, 7) is 6.52. The second-order valence-corrected chi connectivity index (χ2v) is 6.91. The zero-order valence-electron chi connectivity index (χ0n) is 14.1. The van der Waals surface area contributed by atoms with Crippen molar-refractivity contribution in [1.82, 2.24) is 9.97 Å². The lowest BCUT2D eigenvalue weighted by atomic mass is 9.98. The predicted octanol–water partition coefficient (Wildman–Crippen LogP) is 5.10. The normalized spacial score (nSPS) is 19.7. The zero-order chi connectivity index (χ0) is 16.4. The van der Waals surface area contributed by atoms with Gasteiger partial charge >= 0.3 is 0 Å². The molecule has 3 nitrogen and oxygen atoms in total. The Morgan fingerprint density at radius 1 is 1.09 bits per heavy atom. The summed E-state index contributed by atoms with van der Waals surface area (Å²) >= 11 is 3.54. The molecule has 1 heterocycles. The Morgan fingerprint density at radius 2 is 1.83 bits per heavy atom. The van der Waals surface area contributed by atoms with Crippen LogP contribution in [0, 0.1) is 5.92 Å². The summed E-state index contributed by atoms with van der Waals surface area (Å²) < 4.78 is 0.876. The van der Waals surface area contributed by atoms with Gasteiger partial charge in [-0.25, -0.2) is 9.97 Å². The highest BCUT2D eigenvalue weighted by atomic mass is 79.9. The molecule has 0 aliphatic heterocycles. The molecule has 0 amide bonds. The largest absolute Gasteiger partial charge is 0.361 e. The van der Waals surface area contributed by atoms with Crippen LogP contribution in [-0.4, -0.2) is 9.97 Å². The smallest absolute Gasteiger partial charge is 0.148 e. The van der Waals surface area contributed by atoms with E-state index in [4.69, 9.17) is 9.97 Å². The molecule has 3 rings (SSSR count). The summed E-state index contributed by atoms with van der Waals surface area (Å²) in [5.74, 6) is 1.57. The van der Waals surface area contributed by atoms with Crippen molar-refractivity contribution in [3.05, 3.63) is 51.4 Å². The Kier molecular flexibility index (Phi) is 5.00. The van der Waals surface area contributed by atoms with Crippen LogP contribution in [0.15, 0.2) is 28.9 Å². The highest BCUT2D eigenvalue weighted by molar-refractivity contribution is 9.10. The van der Waals surface area contributed by atoms with Crippen molar-refractivity contribution in [2.45, 2.75) is 52.5 Å². The maximum atomic E-state index is 4.85. The van der Waals surface area contributed by atoms with Crippen molar-refractivity contribution >= 4 is 21.7 Å². The molecule has 2 atom stereocenters. The quantitative estimate of drug-likeness (QED) is 0.791. The van der Waals surface area contributed by atoms with Crippen LogP contribution in [0.4, 0.5) is 5.82 Å². The molecule has 23 heavy (non-hydrogen) atoms. The number of anilines is 1. The number of hydrogen-bond donors (Lipinski definition) is 1. The van der Waals surface area contributed by atoms with Crippen LogP contribution in [0.2, 0.25) is 0 Å². The number of aryl methyl sites for hydroxylation is 2. The molecule has 0 spiro atoms. The van der Waals surface area contributed by atoms with Crippen LogP contribution in [0.5, 0.6) is 0 Å². The lowest BCUT2D eigenvalue weighted by Crippen LogP contribution is -2.19. The fourth-order valence-electron chi connectivity index (χ4n) is 3.47. The first-order chi connectivity index (χ1) is 11.2. The standard InChI is InChI=1S/C19H24BrN3/c1-4-12-11-13-9-7-8-10-14(13)17(12)23-19-16(6-3)21-18(20)15(5-2)22-19/h7-10,12,17H,4-6,11H2,1-3H3,(H,22,23)/t12?,17-/m0/s1. The Bertz CT molecular complexity index is 699. The Balaban J connectivity index is 1.97. The van der Waals surface area contributed by atoms with Crippen LogP contribution in [-0.2, 0) is 19.3 Å². The minimum Gasteiger partial charge on any atom is -0.361 e. The molecule has 2 aromatic rings. The topological polar surface area (TPSA) is 37.8 Å². The molecule has 0 saturated carbocycles. The fourth-order valence-corrected chi connectivity index (χ4v) is 4.05. The van der Waals surface area contributed by atoms with E-state index in [0.29, 0.717) is 12.0 Å². The van der Waals surface area contributed by atoms with Crippen molar-refractivity contribution < 1.29 is 0 Å². The summed E-state index contributed by atoms with van der Waals surface area (Å²) in [5.41, 5.74) is 4.94. The molecule has 1 unspecified atom stereocenters. The number of rotatable bonds is 5. The van der Waals surface area contributed by atoms with Crippen LogP contribution >= 0.6 is 15.9 Å². The molecule has 1 aromatic carbocycles. The molecular weight excluding hydrogens is 350 g/mol. The minimum absolute atomic E-state index is 0.335. The third-order valence-corrected chi connectivity index (χ3v) is 5.46. The molecule has 1 aliphatic carbocycles. The molecule has 1 aliphatic rings. The van der Waals surface area contributed by atoms with E-state index in [1.165, 1.54) is 17.5 Å². The molecule has 4 heteroatoms. The van der Waals surface area contributed by atoms with Crippen molar-refractivity contribution in [3.63, 3.8) is 0 Å². The van der Waals surface area contributed by atoms with Gasteiger partial charge < -0.3 is 5.32 Å². The average Bonchev–Trinajstić information content (AvgIpc) is 2.93.